The number of ether oxygens (including phenoxy) is 2. The van der Waals surface area contributed by atoms with E-state index in [1.54, 1.807) is 0 Å². The summed E-state index contributed by atoms with van der Waals surface area (Å²) in [7, 11) is 0. The maximum absolute atomic E-state index is 12.0. The van der Waals surface area contributed by atoms with Gasteiger partial charge in [0.1, 0.15) is 6.04 Å². The lowest BCUT2D eigenvalue weighted by Crippen LogP contribution is -2.58. The molecule has 2 saturated heterocycles. The molecule has 2 heterocycles. The summed E-state index contributed by atoms with van der Waals surface area (Å²) in [6.45, 7) is 2.17. The van der Waals surface area contributed by atoms with Crippen molar-refractivity contribution in [3.63, 3.8) is 0 Å². The number of nitrogens with two attached hydrogens (primary N) is 1. The number of hydrogen-bond acceptors (Lipinski definition) is 4. The molecule has 0 radical (unpaired) electrons. The zero-order valence-electron chi connectivity index (χ0n) is 9.55. The summed E-state index contributed by atoms with van der Waals surface area (Å²) in [5.74, 6) is -0.539. The summed E-state index contributed by atoms with van der Waals surface area (Å²) in [6, 6.07) is -0.919. The van der Waals surface area contributed by atoms with Crippen molar-refractivity contribution in [2.24, 2.45) is 5.73 Å². The summed E-state index contributed by atoms with van der Waals surface area (Å²) in [5, 5.41) is 2.83. The van der Waals surface area contributed by atoms with E-state index in [-0.39, 0.29) is 18.7 Å². The average Bonchev–Trinajstić information content (AvgIpc) is 2.81. The van der Waals surface area contributed by atoms with Crippen LogP contribution in [0, 0.1) is 0 Å². The van der Waals surface area contributed by atoms with E-state index in [1.165, 1.54) is 4.90 Å². The van der Waals surface area contributed by atoms with Crippen LogP contribution in [0.3, 0.4) is 0 Å². The van der Waals surface area contributed by atoms with Crippen LogP contribution in [0.2, 0.25) is 0 Å². The van der Waals surface area contributed by atoms with Gasteiger partial charge < -0.3 is 25.4 Å². The van der Waals surface area contributed by atoms with Crippen molar-refractivity contribution in [3.05, 3.63) is 0 Å². The Morgan fingerprint density at radius 3 is 2.65 bits per heavy atom. The Morgan fingerprint density at radius 2 is 2.00 bits per heavy atom. The first-order valence-corrected chi connectivity index (χ1v) is 5.70. The fraction of sp³-hybridized carbons (Fsp3) is 0.800. The SMILES string of the molecule is NC(=O)C1COCCN1C(=O)NC1CCOC1. The van der Waals surface area contributed by atoms with Gasteiger partial charge in [-0.2, -0.15) is 0 Å². The first kappa shape index (κ1) is 12.1. The first-order chi connectivity index (χ1) is 8.18. The third-order valence-corrected chi connectivity index (χ3v) is 2.98. The number of urea groups is 1. The van der Waals surface area contributed by atoms with Gasteiger partial charge in [0.2, 0.25) is 5.91 Å². The standard InChI is InChI=1S/C10H17N3O4/c11-9(14)8-6-17-4-2-13(8)10(15)12-7-1-3-16-5-7/h7-8H,1-6H2,(H2,11,14)(H,12,15). The third kappa shape index (κ3) is 2.86. The Hall–Kier alpha value is -1.34. The van der Waals surface area contributed by atoms with Crippen molar-refractivity contribution < 1.29 is 19.1 Å². The van der Waals surface area contributed by atoms with Gasteiger partial charge in [0, 0.05) is 13.2 Å². The van der Waals surface area contributed by atoms with Crippen LogP contribution >= 0.6 is 0 Å². The molecular weight excluding hydrogens is 226 g/mol. The zero-order chi connectivity index (χ0) is 12.3. The molecule has 2 rings (SSSR count). The number of morpholine rings is 1. The van der Waals surface area contributed by atoms with E-state index in [4.69, 9.17) is 15.2 Å². The molecule has 3 amide bonds. The van der Waals surface area contributed by atoms with Crippen LogP contribution in [0.4, 0.5) is 4.79 Å². The summed E-state index contributed by atoms with van der Waals surface area (Å²) >= 11 is 0. The molecule has 0 aromatic rings. The van der Waals surface area contributed by atoms with Crippen LogP contribution in [0.15, 0.2) is 0 Å². The molecule has 96 valence electrons. The number of carbonyl (C=O) groups is 2. The minimum Gasteiger partial charge on any atom is -0.379 e. The molecular formula is C10H17N3O4. The second kappa shape index (κ2) is 5.33. The molecule has 2 unspecified atom stereocenters. The minimum atomic E-state index is -0.675. The molecule has 2 fully saturated rings. The highest BCUT2D eigenvalue weighted by Gasteiger charge is 2.32. The third-order valence-electron chi connectivity index (χ3n) is 2.98. The number of rotatable bonds is 2. The quantitative estimate of drug-likeness (QED) is 0.628. The summed E-state index contributed by atoms with van der Waals surface area (Å²) < 4.78 is 10.3. The molecule has 0 saturated carbocycles. The smallest absolute Gasteiger partial charge is 0.318 e. The monoisotopic (exact) mass is 243 g/mol. The maximum atomic E-state index is 12.0. The van der Waals surface area contributed by atoms with Crippen molar-refractivity contribution in [1.29, 1.82) is 0 Å². The van der Waals surface area contributed by atoms with Crippen LogP contribution in [0.5, 0.6) is 0 Å². The highest BCUT2D eigenvalue weighted by Crippen LogP contribution is 2.09. The molecule has 3 N–H and O–H groups in total. The van der Waals surface area contributed by atoms with Crippen molar-refractivity contribution in [2.75, 3.05) is 33.0 Å². The van der Waals surface area contributed by atoms with Gasteiger partial charge in [-0.15, -0.1) is 0 Å². The van der Waals surface area contributed by atoms with Crippen LogP contribution in [0.25, 0.3) is 0 Å². The predicted octanol–water partition coefficient (Wildman–Crippen LogP) is -1.33. The largest absolute Gasteiger partial charge is 0.379 e. The Kier molecular flexibility index (Phi) is 3.80. The van der Waals surface area contributed by atoms with E-state index < -0.39 is 11.9 Å². The number of hydrogen-bond donors (Lipinski definition) is 2. The van der Waals surface area contributed by atoms with E-state index in [0.29, 0.717) is 26.4 Å². The molecule has 17 heavy (non-hydrogen) atoms. The van der Waals surface area contributed by atoms with Crippen molar-refractivity contribution >= 4 is 11.9 Å². The van der Waals surface area contributed by atoms with E-state index in [0.717, 1.165) is 6.42 Å². The Balaban J connectivity index is 1.93. The van der Waals surface area contributed by atoms with Gasteiger partial charge in [-0.3, -0.25) is 4.79 Å². The van der Waals surface area contributed by atoms with Crippen LogP contribution in [-0.4, -0.2) is 61.9 Å². The fourth-order valence-corrected chi connectivity index (χ4v) is 1.99. The number of nitrogens with one attached hydrogen (secondary N) is 1. The molecule has 0 spiro atoms. The normalized spacial score (nSPS) is 29.1. The second-order valence-electron chi connectivity index (χ2n) is 4.20. The maximum Gasteiger partial charge on any atom is 0.318 e. The Morgan fingerprint density at radius 1 is 1.24 bits per heavy atom. The molecule has 7 heteroatoms. The molecule has 0 aromatic carbocycles. The van der Waals surface area contributed by atoms with Crippen LogP contribution in [-0.2, 0) is 14.3 Å². The summed E-state index contributed by atoms with van der Waals surface area (Å²) in [6.07, 6.45) is 0.803. The molecule has 0 aliphatic carbocycles. The van der Waals surface area contributed by atoms with Crippen molar-refractivity contribution in [1.82, 2.24) is 10.2 Å². The molecule has 7 nitrogen and oxygen atoms in total. The number of primary amides is 1. The van der Waals surface area contributed by atoms with E-state index in [1.807, 2.05) is 0 Å². The summed E-state index contributed by atoms with van der Waals surface area (Å²) in [5.41, 5.74) is 5.24. The van der Waals surface area contributed by atoms with Gasteiger partial charge in [0.05, 0.1) is 25.9 Å². The van der Waals surface area contributed by atoms with Crippen LogP contribution < -0.4 is 11.1 Å². The molecule has 2 aliphatic rings. The number of nitrogens with zero attached hydrogens (tertiary/aromatic N) is 1. The van der Waals surface area contributed by atoms with Gasteiger partial charge in [-0.05, 0) is 6.42 Å². The van der Waals surface area contributed by atoms with Gasteiger partial charge in [0.15, 0.2) is 0 Å². The number of carbonyl (C=O) groups excluding carboxylic acids is 2. The van der Waals surface area contributed by atoms with Gasteiger partial charge in [0.25, 0.3) is 0 Å². The van der Waals surface area contributed by atoms with E-state index in [2.05, 4.69) is 5.32 Å². The number of amides is 3. The minimum absolute atomic E-state index is 0.0267. The van der Waals surface area contributed by atoms with Gasteiger partial charge in [-0.1, -0.05) is 0 Å². The highest BCUT2D eigenvalue weighted by atomic mass is 16.5. The predicted molar refractivity (Wildman–Crippen MR) is 58.3 cm³/mol. The summed E-state index contributed by atoms with van der Waals surface area (Å²) in [4.78, 5) is 24.6. The zero-order valence-corrected chi connectivity index (χ0v) is 9.55. The Bertz CT molecular complexity index is 304. The van der Waals surface area contributed by atoms with E-state index >= 15 is 0 Å². The van der Waals surface area contributed by atoms with Crippen LogP contribution in [0.1, 0.15) is 6.42 Å². The van der Waals surface area contributed by atoms with Crippen molar-refractivity contribution in [2.45, 2.75) is 18.5 Å². The topological polar surface area (TPSA) is 93.9 Å². The lowest BCUT2D eigenvalue weighted by molar-refractivity contribution is -0.127. The average molecular weight is 243 g/mol. The van der Waals surface area contributed by atoms with Gasteiger partial charge >= 0.3 is 6.03 Å². The Labute approximate surface area is 99.2 Å². The van der Waals surface area contributed by atoms with Crippen molar-refractivity contribution in [3.8, 4) is 0 Å². The molecule has 2 atom stereocenters. The fourth-order valence-electron chi connectivity index (χ4n) is 1.99. The molecule has 0 bridgehead atoms. The molecule has 2 aliphatic heterocycles. The lowest BCUT2D eigenvalue weighted by atomic mass is 10.2. The lowest BCUT2D eigenvalue weighted by Gasteiger charge is -2.34. The second-order valence-corrected chi connectivity index (χ2v) is 4.20. The molecule has 0 aromatic heterocycles. The highest BCUT2D eigenvalue weighted by molar-refractivity contribution is 5.86. The van der Waals surface area contributed by atoms with E-state index in [9.17, 15) is 9.59 Å². The first-order valence-electron chi connectivity index (χ1n) is 5.70. The van der Waals surface area contributed by atoms with Gasteiger partial charge in [-0.25, -0.2) is 4.79 Å².